The Balaban J connectivity index is 1.79. The van der Waals surface area contributed by atoms with Crippen molar-refractivity contribution in [2.75, 3.05) is 13.7 Å². The van der Waals surface area contributed by atoms with Crippen LogP contribution in [0.25, 0.3) is 0 Å². The van der Waals surface area contributed by atoms with Gasteiger partial charge in [-0.25, -0.2) is 0 Å². The first kappa shape index (κ1) is 24.6. The van der Waals surface area contributed by atoms with Gasteiger partial charge in [0.15, 0.2) is 11.6 Å². The molecule has 1 fully saturated rings. The van der Waals surface area contributed by atoms with Gasteiger partial charge in [-0.15, -0.1) is 0 Å². The minimum Gasteiger partial charge on any atom is -0.497 e. The van der Waals surface area contributed by atoms with Gasteiger partial charge in [0, 0.05) is 12.3 Å². The largest absolute Gasteiger partial charge is 0.497 e. The standard InChI is InChI=1S/C26H32N2O5/c1-17(27)25(31)28-22(14-19-9-11-21(32-3)12-10-19)23(29)15-20(24(30)26(2)16-33-26)13-18-7-5-4-6-8-18/h4-12,17,20,22H,13-16,27H2,1-3H3,(H,28,31)/t17-,20?,22-,26+/m0/s1. The summed E-state index contributed by atoms with van der Waals surface area (Å²) in [5.74, 6) is -0.546. The van der Waals surface area contributed by atoms with E-state index in [9.17, 15) is 14.4 Å². The van der Waals surface area contributed by atoms with Gasteiger partial charge in [0.1, 0.15) is 11.4 Å². The Morgan fingerprint density at radius 2 is 1.67 bits per heavy atom. The summed E-state index contributed by atoms with van der Waals surface area (Å²) in [6.07, 6.45) is 0.731. The Morgan fingerprint density at radius 3 is 2.21 bits per heavy atom. The zero-order valence-electron chi connectivity index (χ0n) is 19.4. The van der Waals surface area contributed by atoms with Crippen LogP contribution >= 0.6 is 0 Å². The average molecular weight is 453 g/mol. The number of ether oxygens (including phenoxy) is 2. The van der Waals surface area contributed by atoms with Crippen molar-refractivity contribution in [2.24, 2.45) is 11.7 Å². The minimum absolute atomic E-state index is 0.00668. The van der Waals surface area contributed by atoms with Crippen molar-refractivity contribution < 1.29 is 23.9 Å². The number of benzene rings is 2. The number of methoxy groups -OCH3 is 1. The molecule has 33 heavy (non-hydrogen) atoms. The highest BCUT2D eigenvalue weighted by Crippen LogP contribution is 2.33. The summed E-state index contributed by atoms with van der Waals surface area (Å²) in [7, 11) is 1.58. The van der Waals surface area contributed by atoms with Crippen molar-refractivity contribution in [1.29, 1.82) is 0 Å². The van der Waals surface area contributed by atoms with E-state index >= 15 is 0 Å². The zero-order valence-corrected chi connectivity index (χ0v) is 19.4. The molecule has 1 saturated heterocycles. The normalized spacial score (nSPS) is 19.8. The number of carbonyl (C=O) groups is 3. The first-order valence-corrected chi connectivity index (χ1v) is 11.2. The van der Waals surface area contributed by atoms with Crippen LogP contribution in [0.5, 0.6) is 5.75 Å². The second-order valence-electron chi connectivity index (χ2n) is 8.84. The SMILES string of the molecule is COc1ccc(C[C@H](NC(=O)[C@H](C)N)C(=O)CC(Cc2ccccc2)C(=O)[C@@]2(C)CO2)cc1. The molecule has 176 valence electrons. The Morgan fingerprint density at radius 1 is 1.06 bits per heavy atom. The second kappa shape index (κ2) is 10.7. The number of nitrogens with one attached hydrogen (secondary N) is 1. The molecule has 4 atom stereocenters. The van der Waals surface area contributed by atoms with Gasteiger partial charge in [-0.05, 0) is 49.9 Å². The number of epoxide rings is 1. The predicted molar refractivity (Wildman–Crippen MR) is 125 cm³/mol. The lowest BCUT2D eigenvalue weighted by Gasteiger charge is -2.23. The molecule has 1 amide bonds. The van der Waals surface area contributed by atoms with E-state index in [1.165, 1.54) is 0 Å². The number of carbonyl (C=O) groups excluding carboxylic acids is 3. The third kappa shape index (κ3) is 6.73. The Labute approximate surface area is 194 Å². The van der Waals surface area contributed by atoms with Gasteiger partial charge in [0.05, 0.1) is 25.8 Å². The zero-order chi connectivity index (χ0) is 24.0. The maximum absolute atomic E-state index is 13.4. The van der Waals surface area contributed by atoms with E-state index in [-0.39, 0.29) is 18.0 Å². The second-order valence-corrected chi connectivity index (χ2v) is 8.84. The van der Waals surface area contributed by atoms with Gasteiger partial charge in [-0.2, -0.15) is 0 Å². The number of hydrogen-bond acceptors (Lipinski definition) is 6. The molecule has 0 radical (unpaired) electrons. The third-order valence-corrected chi connectivity index (χ3v) is 5.96. The Hall–Kier alpha value is -3.03. The van der Waals surface area contributed by atoms with Crippen LogP contribution in [0.3, 0.4) is 0 Å². The molecule has 0 bridgehead atoms. The molecule has 2 aromatic rings. The summed E-state index contributed by atoms with van der Waals surface area (Å²) >= 11 is 0. The first-order chi connectivity index (χ1) is 15.7. The van der Waals surface area contributed by atoms with Crippen molar-refractivity contribution in [2.45, 2.75) is 50.8 Å². The topological polar surface area (TPSA) is 111 Å². The number of nitrogens with two attached hydrogens (primary N) is 1. The molecule has 3 rings (SSSR count). The summed E-state index contributed by atoms with van der Waals surface area (Å²) in [5.41, 5.74) is 6.72. The predicted octanol–water partition coefficient (Wildman–Crippen LogP) is 2.25. The van der Waals surface area contributed by atoms with Crippen LogP contribution in [0.15, 0.2) is 54.6 Å². The fourth-order valence-electron chi connectivity index (χ4n) is 3.77. The molecular formula is C26H32N2O5. The molecule has 1 aliphatic rings. The lowest BCUT2D eigenvalue weighted by molar-refractivity contribution is -0.133. The molecule has 1 heterocycles. The van der Waals surface area contributed by atoms with Crippen LogP contribution < -0.4 is 15.8 Å². The smallest absolute Gasteiger partial charge is 0.237 e. The fraction of sp³-hybridized carbons (Fsp3) is 0.423. The highest BCUT2D eigenvalue weighted by molar-refractivity contribution is 5.97. The van der Waals surface area contributed by atoms with Crippen molar-refractivity contribution in [3.8, 4) is 5.75 Å². The molecule has 1 unspecified atom stereocenters. The highest BCUT2D eigenvalue weighted by atomic mass is 16.6. The van der Waals surface area contributed by atoms with E-state index in [0.717, 1.165) is 11.1 Å². The summed E-state index contributed by atoms with van der Waals surface area (Å²) in [6, 6.07) is 15.4. The van der Waals surface area contributed by atoms with E-state index in [1.807, 2.05) is 42.5 Å². The summed E-state index contributed by atoms with van der Waals surface area (Å²) < 4.78 is 10.6. The van der Waals surface area contributed by atoms with Gasteiger partial charge in [-0.3, -0.25) is 14.4 Å². The average Bonchev–Trinajstić information content (AvgIpc) is 3.57. The maximum atomic E-state index is 13.4. The molecule has 1 aliphatic heterocycles. The van der Waals surface area contributed by atoms with Gasteiger partial charge >= 0.3 is 0 Å². The van der Waals surface area contributed by atoms with E-state index < -0.39 is 29.5 Å². The molecule has 3 N–H and O–H groups in total. The summed E-state index contributed by atoms with van der Waals surface area (Å²) in [5, 5.41) is 2.77. The van der Waals surface area contributed by atoms with Crippen LogP contribution in [0, 0.1) is 5.92 Å². The molecule has 7 nitrogen and oxygen atoms in total. The first-order valence-electron chi connectivity index (χ1n) is 11.2. The number of Topliss-reactive ketones (excluding diaryl/α,β-unsaturated/α-hetero) is 2. The van der Waals surface area contributed by atoms with Crippen LogP contribution in [0.4, 0.5) is 0 Å². The number of hydrogen-bond donors (Lipinski definition) is 2. The van der Waals surface area contributed by atoms with Crippen LogP contribution in [-0.2, 0) is 32.0 Å². The van der Waals surface area contributed by atoms with Gasteiger partial charge in [0.25, 0.3) is 0 Å². The summed E-state index contributed by atoms with van der Waals surface area (Å²) in [4.78, 5) is 38.9. The lowest BCUT2D eigenvalue weighted by Crippen LogP contribution is -2.49. The summed E-state index contributed by atoms with van der Waals surface area (Å²) in [6.45, 7) is 3.68. The van der Waals surface area contributed by atoms with Crippen LogP contribution in [-0.4, -0.2) is 48.9 Å². The van der Waals surface area contributed by atoms with E-state index in [4.69, 9.17) is 15.2 Å². The van der Waals surface area contributed by atoms with E-state index in [0.29, 0.717) is 25.2 Å². The quantitative estimate of drug-likeness (QED) is 0.478. The van der Waals surface area contributed by atoms with Crippen molar-refractivity contribution >= 4 is 17.5 Å². The fourth-order valence-corrected chi connectivity index (χ4v) is 3.77. The van der Waals surface area contributed by atoms with E-state index in [1.54, 1.807) is 33.1 Å². The molecule has 2 aromatic carbocycles. The van der Waals surface area contributed by atoms with Crippen molar-refractivity contribution in [1.82, 2.24) is 5.32 Å². The monoisotopic (exact) mass is 452 g/mol. The maximum Gasteiger partial charge on any atom is 0.237 e. The third-order valence-electron chi connectivity index (χ3n) is 5.96. The highest BCUT2D eigenvalue weighted by Gasteiger charge is 2.50. The lowest BCUT2D eigenvalue weighted by atomic mass is 9.83. The molecule has 0 spiro atoms. The van der Waals surface area contributed by atoms with Crippen molar-refractivity contribution in [3.05, 3.63) is 65.7 Å². The molecule has 0 aromatic heterocycles. The van der Waals surface area contributed by atoms with Gasteiger partial charge in [-0.1, -0.05) is 42.5 Å². The number of ketones is 2. The molecule has 7 heteroatoms. The van der Waals surface area contributed by atoms with Crippen LogP contribution in [0.2, 0.25) is 0 Å². The van der Waals surface area contributed by atoms with Crippen LogP contribution in [0.1, 0.15) is 31.4 Å². The Bertz CT molecular complexity index is 968. The number of amides is 1. The van der Waals surface area contributed by atoms with E-state index in [2.05, 4.69) is 5.32 Å². The Kier molecular flexibility index (Phi) is 8.00. The molecule has 0 aliphatic carbocycles. The minimum atomic E-state index is -0.833. The molecular weight excluding hydrogens is 420 g/mol. The van der Waals surface area contributed by atoms with Gasteiger partial charge < -0.3 is 20.5 Å². The van der Waals surface area contributed by atoms with Gasteiger partial charge in [0.2, 0.25) is 5.91 Å². The number of rotatable bonds is 12. The molecule has 0 saturated carbocycles. The van der Waals surface area contributed by atoms with Crippen molar-refractivity contribution in [3.63, 3.8) is 0 Å².